The molecule has 5 nitrogen and oxygen atoms in total. The van der Waals surface area contributed by atoms with Crippen LogP contribution in [0.3, 0.4) is 0 Å². The van der Waals surface area contributed by atoms with Gasteiger partial charge in [0.25, 0.3) is 0 Å². The summed E-state index contributed by atoms with van der Waals surface area (Å²) in [7, 11) is 0. The van der Waals surface area contributed by atoms with Crippen LogP contribution in [0.15, 0.2) is 42.6 Å². The van der Waals surface area contributed by atoms with Crippen molar-refractivity contribution in [2.24, 2.45) is 0 Å². The zero-order chi connectivity index (χ0) is 12.3. The van der Waals surface area contributed by atoms with Crippen molar-refractivity contribution in [3.8, 4) is 0 Å². The molecule has 0 spiro atoms. The van der Waals surface area contributed by atoms with E-state index in [2.05, 4.69) is 12.0 Å². The summed E-state index contributed by atoms with van der Waals surface area (Å²) in [5, 5.41) is 14.4. The highest BCUT2D eigenvalue weighted by Crippen LogP contribution is 2.17. The molecule has 0 bridgehead atoms. The van der Waals surface area contributed by atoms with Crippen LogP contribution in [-0.2, 0) is 6.54 Å². The van der Waals surface area contributed by atoms with Crippen molar-refractivity contribution in [2.45, 2.75) is 19.4 Å². The quantitative estimate of drug-likeness (QED) is 0.600. The molecule has 1 atom stereocenters. The third-order valence-corrected chi connectivity index (χ3v) is 2.64. The third-order valence-electron chi connectivity index (χ3n) is 2.64. The van der Waals surface area contributed by atoms with E-state index in [1.165, 1.54) is 11.6 Å². The van der Waals surface area contributed by atoms with Crippen molar-refractivity contribution >= 4 is 5.82 Å². The first-order valence-corrected chi connectivity index (χ1v) is 5.39. The lowest BCUT2D eigenvalue weighted by Gasteiger charge is -2.09. The number of benzene rings is 1. The first-order chi connectivity index (χ1) is 8.16. The maximum Gasteiger partial charge on any atom is 0.389 e. The molecule has 2 rings (SSSR count). The molecule has 1 heterocycles. The first-order valence-electron chi connectivity index (χ1n) is 5.39. The van der Waals surface area contributed by atoms with E-state index in [0.29, 0.717) is 6.54 Å². The SMILES string of the molecule is CC(Cn1ccc([N+](=O)[O-])n1)c1ccccc1. The van der Waals surface area contributed by atoms with Gasteiger partial charge in [0, 0.05) is 5.92 Å². The zero-order valence-electron chi connectivity index (χ0n) is 9.48. The van der Waals surface area contributed by atoms with Crippen LogP contribution in [0.2, 0.25) is 0 Å². The van der Waals surface area contributed by atoms with Crippen molar-refractivity contribution in [1.29, 1.82) is 0 Å². The summed E-state index contributed by atoms with van der Waals surface area (Å²) in [5.74, 6) is 0.168. The molecule has 1 aromatic carbocycles. The fraction of sp³-hybridized carbons (Fsp3) is 0.250. The topological polar surface area (TPSA) is 61.0 Å². The summed E-state index contributed by atoms with van der Waals surface area (Å²) >= 11 is 0. The Kier molecular flexibility index (Phi) is 3.18. The van der Waals surface area contributed by atoms with Crippen LogP contribution in [0.1, 0.15) is 18.4 Å². The van der Waals surface area contributed by atoms with Crippen LogP contribution < -0.4 is 0 Å². The van der Waals surface area contributed by atoms with E-state index in [0.717, 1.165) is 0 Å². The maximum absolute atomic E-state index is 10.5. The number of hydrogen-bond donors (Lipinski definition) is 0. The number of aromatic nitrogens is 2. The van der Waals surface area contributed by atoms with Crippen molar-refractivity contribution < 1.29 is 4.92 Å². The van der Waals surface area contributed by atoms with Crippen molar-refractivity contribution in [3.63, 3.8) is 0 Å². The van der Waals surface area contributed by atoms with Gasteiger partial charge in [-0.25, -0.2) is 0 Å². The standard InChI is InChI=1S/C12H13N3O2/c1-10(11-5-3-2-4-6-11)9-14-8-7-12(13-14)15(16)17/h2-8,10H,9H2,1H3. The summed E-state index contributed by atoms with van der Waals surface area (Å²) in [6, 6.07) is 11.4. The average Bonchev–Trinajstić information content (AvgIpc) is 2.79. The van der Waals surface area contributed by atoms with E-state index in [-0.39, 0.29) is 11.7 Å². The molecule has 0 fully saturated rings. The molecule has 0 amide bonds. The van der Waals surface area contributed by atoms with Crippen molar-refractivity contribution in [1.82, 2.24) is 9.78 Å². The van der Waals surface area contributed by atoms with Crippen LogP contribution in [0.5, 0.6) is 0 Å². The number of nitro groups is 1. The van der Waals surface area contributed by atoms with Crippen LogP contribution in [-0.4, -0.2) is 14.7 Å². The molecule has 0 aliphatic heterocycles. The Morgan fingerprint density at radius 3 is 2.65 bits per heavy atom. The molecule has 0 saturated heterocycles. The van der Waals surface area contributed by atoms with E-state index in [1.807, 2.05) is 30.3 Å². The molecule has 0 saturated carbocycles. The van der Waals surface area contributed by atoms with E-state index in [1.54, 1.807) is 10.9 Å². The largest absolute Gasteiger partial charge is 0.389 e. The van der Waals surface area contributed by atoms with E-state index in [9.17, 15) is 10.1 Å². The Morgan fingerprint density at radius 2 is 2.06 bits per heavy atom. The summed E-state index contributed by atoms with van der Waals surface area (Å²) in [5.41, 5.74) is 1.20. The second kappa shape index (κ2) is 4.78. The molecule has 2 aromatic rings. The van der Waals surface area contributed by atoms with Crippen molar-refractivity contribution in [2.75, 3.05) is 0 Å². The van der Waals surface area contributed by atoms with Gasteiger partial charge in [-0.15, -0.1) is 0 Å². The summed E-state index contributed by atoms with van der Waals surface area (Å²) in [4.78, 5) is 10.0. The van der Waals surface area contributed by atoms with Gasteiger partial charge in [0.2, 0.25) is 0 Å². The highest BCUT2D eigenvalue weighted by atomic mass is 16.6. The van der Waals surface area contributed by atoms with Gasteiger partial charge < -0.3 is 10.1 Å². The van der Waals surface area contributed by atoms with Gasteiger partial charge in [0.05, 0.1) is 23.9 Å². The Morgan fingerprint density at radius 1 is 1.35 bits per heavy atom. The van der Waals surface area contributed by atoms with Gasteiger partial charge >= 0.3 is 5.82 Å². The van der Waals surface area contributed by atoms with E-state index in [4.69, 9.17) is 0 Å². The molecular formula is C12H13N3O2. The minimum absolute atomic E-state index is 0.106. The third kappa shape index (κ3) is 2.69. The summed E-state index contributed by atoms with van der Waals surface area (Å²) in [6.07, 6.45) is 1.64. The molecule has 1 aromatic heterocycles. The predicted octanol–water partition coefficient (Wildman–Crippen LogP) is 2.60. The molecule has 88 valence electrons. The van der Waals surface area contributed by atoms with E-state index >= 15 is 0 Å². The second-order valence-corrected chi connectivity index (χ2v) is 3.96. The smallest absolute Gasteiger partial charge is 0.358 e. The van der Waals surface area contributed by atoms with Gasteiger partial charge in [0.1, 0.15) is 0 Å². The fourth-order valence-electron chi connectivity index (χ4n) is 1.72. The zero-order valence-corrected chi connectivity index (χ0v) is 9.48. The van der Waals surface area contributed by atoms with Gasteiger partial charge in [-0.1, -0.05) is 37.3 Å². The molecule has 0 radical (unpaired) electrons. The lowest BCUT2D eigenvalue weighted by molar-refractivity contribution is -0.389. The van der Waals surface area contributed by atoms with Crippen LogP contribution in [0.4, 0.5) is 5.82 Å². The van der Waals surface area contributed by atoms with E-state index < -0.39 is 4.92 Å². The molecule has 0 aliphatic carbocycles. The lowest BCUT2D eigenvalue weighted by atomic mass is 10.0. The van der Waals surface area contributed by atoms with Crippen LogP contribution in [0, 0.1) is 10.1 Å². The monoisotopic (exact) mass is 231 g/mol. The fourth-order valence-corrected chi connectivity index (χ4v) is 1.72. The molecule has 17 heavy (non-hydrogen) atoms. The van der Waals surface area contributed by atoms with Gasteiger partial charge in [-0.3, -0.25) is 0 Å². The van der Waals surface area contributed by atoms with Crippen LogP contribution >= 0.6 is 0 Å². The van der Waals surface area contributed by atoms with Crippen molar-refractivity contribution in [3.05, 3.63) is 58.3 Å². The van der Waals surface area contributed by atoms with Gasteiger partial charge in [-0.2, -0.15) is 4.68 Å². The van der Waals surface area contributed by atoms with Gasteiger partial charge in [0.15, 0.2) is 0 Å². The summed E-state index contributed by atoms with van der Waals surface area (Å²) < 4.78 is 1.61. The molecule has 0 N–H and O–H groups in total. The normalized spacial score (nSPS) is 12.3. The first kappa shape index (κ1) is 11.3. The minimum atomic E-state index is -0.482. The number of hydrogen-bond acceptors (Lipinski definition) is 3. The average molecular weight is 231 g/mol. The van der Waals surface area contributed by atoms with Gasteiger partial charge in [-0.05, 0) is 10.5 Å². The summed E-state index contributed by atoms with van der Waals surface area (Å²) in [6.45, 7) is 2.71. The second-order valence-electron chi connectivity index (χ2n) is 3.96. The number of rotatable bonds is 4. The molecule has 5 heteroatoms. The Bertz CT molecular complexity index is 507. The Labute approximate surface area is 98.8 Å². The number of nitrogens with zero attached hydrogens (tertiary/aromatic N) is 3. The maximum atomic E-state index is 10.5. The molecule has 1 unspecified atom stereocenters. The molecular weight excluding hydrogens is 218 g/mol. The Balaban J connectivity index is 2.08. The predicted molar refractivity (Wildman–Crippen MR) is 63.7 cm³/mol. The van der Waals surface area contributed by atoms with Crippen LogP contribution in [0.25, 0.3) is 0 Å². The minimum Gasteiger partial charge on any atom is -0.358 e. The highest BCUT2D eigenvalue weighted by molar-refractivity contribution is 5.19. The lowest BCUT2D eigenvalue weighted by Crippen LogP contribution is -2.07. The highest BCUT2D eigenvalue weighted by Gasteiger charge is 2.13. The molecule has 0 aliphatic rings. The Hall–Kier alpha value is -2.17.